The smallest absolute Gasteiger partial charge is 0.258 e. The molecule has 0 atom stereocenters. The van der Waals surface area contributed by atoms with Gasteiger partial charge >= 0.3 is 0 Å². The largest absolute Gasteiger partial charge is 0.493 e. The van der Waals surface area contributed by atoms with Gasteiger partial charge in [0.1, 0.15) is 5.52 Å². The van der Waals surface area contributed by atoms with Crippen LogP contribution in [0.15, 0.2) is 30.3 Å². The van der Waals surface area contributed by atoms with Crippen molar-refractivity contribution in [2.75, 3.05) is 19.5 Å². The number of hydrogen-bond acceptors (Lipinski definition) is 6. The molecule has 0 aliphatic rings. The molecule has 0 spiro atoms. The van der Waals surface area contributed by atoms with Crippen LogP contribution in [0.25, 0.3) is 22.1 Å². The zero-order chi connectivity index (χ0) is 20.7. The molecule has 1 N–H and O–H groups in total. The number of benzene rings is 2. The molecule has 0 unspecified atom stereocenters. The van der Waals surface area contributed by atoms with Crippen LogP contribution in [0.4, 0.5) is 5.95 Å². The van der Waals surface area contributed by atoms with Crippen molar-refractivity contribution in [1.82, 2.24) is 19.7 Å². The van der Waals surface area contributed by atoms with Gasteiger partial charge in [0.25, 0.3) is 11.9 Å². The summed E-state index contributed by atoms with van der Waals surface area (Å²) in [4.78, 5) is 17.2. The maximum absolute atomic E-state index is 12.7. The fourth-order valence-corrected chi connectivity index (χ4v) is 3.62. The highest BCUT2D eigenvalue weighted by atomic mass is 16.5. The average molecular weight is 391 g/mol. The number of amides is 1. The van der Waals surface area contributed by atoms with E-state index in [-0.39, 0.29) is 11.9 Å². The van der Waals surface area contributed by atoms with Crippen molar-refractivity contribution in [2.45, 2.75) is 13.8 Å². The predicted molar refractivity (Wildman–Crippen MR) is 111 cm³/mol. The van der Waals surface area contributed by atoms with E-state index < -0.39 is 0 Å². The summed E-state index contributed by atoms with van der Waals surface area (Å²) < 4.78 is 12.4. The Morgan fingerprint density at radius 2 is 1.79 bits per heavy atom. The lowest BCUT2D eigenvalue weighted by Crippen LogP contribution is -2.15. The number of aryl methyl sites for hydroxylation is 3. The molecular weight excluding hydrogens is 370 g/mol. The van der Waals surface area contributed by atoms with Crippen molar-refractivity contribution in [3.63, 3.8) is 0 Å². The molecule has 0 radical (unpaired) electrons. The highest BCUT2D eigenvalue weighted by Crippen LogP contribution is 2.30. The summed E-state index contributed by atoms with van der Waals surface area (Å²) in [6, 6.07) is 9.11. The average Bonchev–Trinajstić information content (AvgIpc) is 2.99. The minimum Gasteiger partial charge on any atom is -0.493 e. The van der Waals surface area contributed by atoms with Gasteiger partial charge in [0.05, 0.1) is 19.7 Å². The zero-order valence-electron chi connectivity index (χ0n) is 16.9. The van der Waals surface area contributed by atoms with Crippen LogP contribution < -0.4 is 14.8 Å². The summed E-state index contributed by atoms with van der Waals surface area (Å²) in [6.07, 6.45) is 0. The van der Waals surface area contributed by atoms with E-state index in [9.17, 15) is 4.79 Å². The Morgan fingerprint density at radius 1 is 1.03 bits per heavy atom. The summed E-state index contributed by atoms with van der Waals surface area (Å²) in [5.41, 5.74) is 5.10. The number of methoxy groups -OCH3 is 2. The third-order valence-corrected chi connectivity index (χ3v) is 4.89. The lowest BCUT2D eigenvalue weighted by atomic mass is 10.1. The van der Waals surface area contributed by atoms with Gasteiger partial charge in [0.2, 0.25) is 0 Å². The van der Waals surface area contributed by atoms with Gasteiger partial charge in [-0.05, 0) is 43.7 Å². The molecule has 2 heterocycles. The molecule has 0 saturated heterocycles. The Bertz CT molecular complexity index is 1260. The molecule has 29 heavy (non-hydrogen) atoms. The van der Waals surface area contributed by atoms with Gasteiger partial charge in [0.15, 0.2) is 17.1 Å². The predicted octanol–water partition coefficient (Wildman–Crippen LogP) is 3.40. The van der Waals surface area contributed by atoms with Crippen LogP contribution in [0.3, 0.4) is 0 Å². The summed E-state index contributed by atoms with van der Waals surface area (Å²) in [5.74, 6) is 0.786. The van der Waals surface area contributed by atoms with E-state index in [1.807, 2.05) is 18.5 Å². The van der Waals surface area contributed by atoms with Crippen LogP contribution in [-0.4, -0.2) is 39.9 Å². The number of hydrogen-bond donors (Lipinski definition) is 1. The van der Waals surface area contributed by atoms with Gasteiger partial charge in [-0.3, -0.25) is 10.1 Å². The van der Waals surface area contributed by atoms with Gasteiger partial charge in [-0.25, -0.2) is 0 Å². The number of rotatable bonds is 4. The Morgan fingerprint density at radius 3 is 2.52 bits per heavy atom. The Labute approximate surface area is 167 Å². The van der Waals surface area contributed by atoms with E-state index in [0.717, 1.165) is 22.0 Å². The lowest BCUT2D eigenvalue weighted by molar-refractivity contribution is 0.102. The molecule has 0 bridgehead atoms. The molecule has 4 rings (SSSR count). The quantitative estimate of drug-likeness (QED) is 0.573. The van der Waals surface area contributed by atoms with E-state index in [0.29, 0.717) is 28.2 Å². The first kappa shape index (κ1) is 18.7. The summed E-state index contributed by atoms with van der Waals surface area (Å²) >= 11 is 0. The first-order valence-corrected chi connectivity index (χ1v) is 9.06. The first-order chi connectivity index (χ1) is 13.9. The molecule has 148 valence electrons. The van der Waals surface area contributed by atoms with E-state index in [1.54, 1.807) is 25.3 Å². The maximum atomic E-state index is 12.7. The van der Waals surface area contributed by atoms with Crippen LogP contribution in [0.1, 0.15) is 21.5 Å². The van der Waals surface area contributed by atoms with Crippen molar-refractivity contribution >= 4 is 33.9 Å². The number of nitrogens with one attached hydrogen (secondary N) is 1. The highest BCUT2D eigenvalue weighted by Gasteiger charge is 2.17. The second kappa shape index (κ2) is 7.05. The van der Waals surface area contributed by atoms with Gasteiger partial charge in [0, 0.05) is 18.0 Å². The fourth-order valence-electron chi connectivity index (χ4n) is 3.62. The molecule has 8 heteroatoms. The summed E-state index contributed by atoms with van der Waals surface area (Å²) in [7, 11) is 4.99. The molecule has 0 fully saturated rings. The van der Waals surface area contributed by atoms with Crippen LogP contribution >= 0.6 is 0 Å². The Kier molecular flexibility index (Phi) is 4.54. The van der Waals surface area contributed by atoms with Crippen molar-refractivity contribution in [3.8, 4) is 11.5 Å². The number of fused-ring (bicyclic) bond motifs is 3. The second-order valence-electron chi connectivity index (χ2n) is 6.87. The van der Waals surface area contributed by atoms with Gasteiger partial charge in [-0.15, -0.1) is 10.2 Å². The molecule has 0 saturated carbocycles. The number of ether oxygens (including phenoxy) is 2. The molecule has 0 aliphatic carbocycles. The van der Waals surface area contributed by atoms with E-state index in [1.165, 1.54) is 7.11 Å². The van der Waals surface area contributed by atoms with Crippen molar-refractivity contribution in [3.05, 3.63) is 47.0 Å². The Hall–Kier alpha value is -3.68. The number of carbonyl (C=O) groups is 1. The van der Waals surface area contributed by atoms with Gasteiger partial charge in [-0.2, -0.15) is 4.98 Å². The number of aromatic nitrogens is 4. The number of carbonyl (C=O) groups excluding carboxylic acids is 1. The third kappa shape index (κ3) is 3.12. The lowest BCUT2D eigenvalue weighted by Gasteiger charge is -2.09. The van der Waals surface area contributed by atoms with E-state index in [2.05, 4.69) is 39.6 Å². The molecule has 2 aromatic carbocycles. The molecule has 2 aromatic heterocycles. The van der Waals surface area contributed by atoms with Crippen molar-refractivity contribution < 1.29 is 14.3 Å². The normalized spacial score (nSPS) is 11.1. The SMILES string of the molecule is COc1ccc(C(=O)Nc2nnc3c4cc(C)cc(C)c4n(C)c3n2)cc1OC. The van der Waals surface area contributed by atoms with Gasteiger partial charge < -0.3 is 14.0 Å². The minimum absolute atomic E-state index is 0.137. The van der Waals surface area contributed by atoms with Crippen LogP contribution in [0.5, 0.6) is 11.5 Å². The monoisotopic (exact) mass is 391 g/mol. The van der Waals surface area contributed by atoms with E-state index >= 15 is 0 Å². The summed E-state index contributed by atoms with van der Waals surface area (Å²) in [5, 5.41) is 12.1. The fraction of sp³-hybridized carbons (Fsp3) is 0.238. The summed E-state index contributed by atoms with van der Waals surface area (Å²) in [6.45, 7) is 4.10. The van der Waals surface area contributed by atoms with Crippen molar-refractivity contribution in [2.24, 2.45) is 7.05 Å². The first-order valence-electron chi connectivity index (χ1n) is 9.06. The van der Waals surface area contributed by atoms with Crippen LogP contribution in [0, 0.1) is 13.8 Å². The maximum Gasteiger partial charge on any atom is 0.258 e. The zero-order valence-corrected chi connectivity index (χ0v) is 16.9. The molecular formula is C21H21N5O3. The molecule has 1 amide bonds. The van der Waals surface area contributed by atoms with E-state index in [4.69, 9.17) is 9.47 Å². The topological polar surface area (TPSA) is 91.2 Å². The van der Waals surface area contributed by atoms with Gasteiger partial charge in [-0.1, -0.05) is 11.6 Å². The number of anilines is 1. The molecule has 0 aliphatic heterocycles. The highest BCUT2D eigenvalue weighted by molar-refractivity contribution is 6.07. The van der Waals surface area contributed by atoms with Crippen molar-refractivity contribution in [1.29, 1.82) is 0 Å². The van der Waals surface area contributed by atoms with Crippen LogP contribution in [-0.2, 0) is 7.05 Å². The standard InChI is InChI=1S/C21H21N5O3/c1-11-8-12(2)18-14(9-11)17-19(26(18)3)22-21(25-24-17)23-20(27)13-6-7-15(28-4)16(10-13)29-5/h6-10H,1-5H3,(H,22,23,25,27). The number of nitrogens with zero attached hydrogens (tertiary/aromatic N) is 4. The molecule has 8 nitrogen and oxygen atoms in total. The Balaban J connectivity index is 1.72. The second-order valence-corrected chi connectivity index (χ2v) is 6.87. The molecule has 4 aromatic rings. The van der Waals surface area contributed by atoms with Crippen LogP contribution in [0.2, 0.25) is 0 Å². The third-order valence-electron chi connectivity index (χ3n) is 4.89. The minimum atomic E-state index is -0.363.